The summed E-state index contributed by atoms with van der Waals surface area (Å²) in [5, 5.41) is 25.6. The van der Waals surface area contributed by atoms with Crippen molar-refractivity contribution in [1.82, 2.24) is 10.1 Å². The van der Waals surface area contributed by atoms with E-state index < -0.39 is 15.8 Å². The van der Waals surface area contributed by atoms with E-state index in [1.165, 1.54) is 43.5 Å². The highest BCUT2D eigenvalue weighted by molar-refractivity contribution is 5.90. The maximum atomic E-state index is 11.6. The van der Waals surface area contributed by atoms with E-state index in [2.05, 4.69) is 14.9 Å². The molecule has 3 rings (SSSR count). The fourth-order valence-corrected chi connectivity index (χ4v) is 2.33. The SMILES string of the molecule is COC(=O)c1ccc([N+](=O)[O-])c(OCc2nc(-c3ccc([N+](=O)[O-])cc3)no2)c1. The lowest BCUT2D eigenvalue weighted by Crippen LogP contribution is -2.04. The van der Waals surface area contributed by atoms with Gasteiger partial charge in [0.15, 0.2) is 12.4 Å². The molecule has 0 N–H and O–H groups in total. The molecule has 0 atom stereocenters. The van der Waals surface area contributed by atoms with Crippen LogP contribution in [0.5, 0.6) is 5.75 Å². The van der Waals surface area contributed by atoms with Crippen LogP contribution in [0.2, 0.25) is 0 Å². The van der Waals surface area contributed by atoms with Gasteiger partial charge in [-0.25, -0.2) is 4.79 Å². The standard InChI is InChI=1S/C17H12N4O8/c1-27-17(22)11-4-7-13(21(25)26)14(8-11)28-9-15-18-16(19-29-15)10-2-5-12(6-3-10)20(23)24/h2-8H,9H2,1H3. The van der Waals surface area contributed by atoms with Gasteiger partial charge >= 0.3 is 11.7 Å². The molecule has 0 spiro atoms. The average molecular weight is 400 g/mol. The first-order valence-electron chi connectivity index (χ1n) is 7.96. The van der Waals surface area contributed by atoms with Crippen molar-refractivity contribution in [3.63, 3.8) is 0 Å². The molecule has 0 saturated heterocycles. The maximum Gasteiger partial charge on any atom is 0.337 e. The lowest BCUT2D eigenvalue weighted by Gasteiger charge is -2.06. The summed E-state index contributed by atoms with van der Waals surface area (Å²) in [6.45, 7) is -0.300. The van der Waals surface area contributed by atoms with E-state index in [0.29, 0.717) is 5.56 Å². The largest absolute Gasteiger partial charge is 0.477 e. The van der Waals surface area contributed by atoms with E-state index in [-0.39, 0.29) is 41.0 Å². The van der Waals surface area contributed by atoms with E-state index in [9.17, 15) is 25.0 Å². The third kappa shape index (κ3) is 4.32. The Morgan fingerprint density at radius 2 is 1.83 bits per heavy atom. The molecular formula is C17H12N4O8. The van der Waals surface area contributed by atoms with Gasteiger partial charge in [-0.05, 0) is 18.2 Å². The molecule has 0 aliphatic heterocycles. The zero-order valence-electron chi connectivity index (χ0n) is 14.8. The molecule has 3 aromatic rings. The molecule has 0 fully saturated rings. The Morgan fingerprint density at radius 3 is 2.45 bits per heavy atom. The molecular weight excluding hydrogens is 388 g/mol. The van der Waals surface area contributed by atoms with Crippen molar-refractivity contribution in [2.45, 2.75) is 6.61 Å². The quantitative estimate of drug-likeness (QED) is 0.327. The summed E-state index contributed by atoms with van der Waals surface area (Å²) in [7, 11) is 1.18. The Bertz CT molecular complexity index is 1080. The zero-order valence-corrected chi connectivity index (χ0v) is 14.8. The van der Waals surface area contributed by atoms with Crippen LogP contribution in [-0.2, 0) is 11.3 Å². The Kier molecular flexibility index (Phi) is 5.44. The van der Waals surface area contributed by atoms with E-state index in [4.69, 9.17) is 9.26 Å². The number of carbonyl (C=O) groups is 1. The van der Waals surface area contributed by atoms with E-state index >= 15 is 0 Å². The second-order valence-corrected chi connectivity index (χ2v) is 5.54. The number of rotatable bonds is 7. The number of hydrogen-bond acceptors (Lipinski definition) is 10. The third-order valence-corrected chi connectivity index (χ3v) is 3.73. The first kappa shape index (κ1) is 19.4. The van der Waals surface area contributed by atoms with Crippen LogP contribution in [0.1, 0.15) is 16.2 Å². The highest BCUT2D eigenvalue weighted by atomic mass is 16.6. The molecule has 0 amide bonds. The van der Waals surface area contributed by atoms with Crippen LogP contribution < -0.4 is 4.74 Å². The summed E-state index contributed by atoms with van der Waals surface area (Å²) in [5.41, 5.74) is 0.112. The summed E-state index contributed by atoms with van der Waals surface area (Å²) in [6.07, 6.45) is 0. The molecule has 0 bridgehead atoms. The number of nitrogens with zero attached hydrogens (tertiary/aromatic N) is 4. The molecule has 12 nitrogen and oxygen atoms in total. The van der Waals surface area contributed by atoms with Crippen molar-refractivity contribution in [1.29, 1.82) is 0 Å². The lowest BCUT2D eigenvalue weighted by molar-refractivity contribution is -0.386. The first-order chi connectivity index (χ1) is 13.9. The van der Waals surface area contributed by atoms with Gasteiger partial charge in [-0.1, -0.05) is 5.16 Å². The van der Waals surface area contributed by atoms with Crippen LogP contribution in [0.4, 0.5) is 11.4 Å². The summed E-state index contributed by atoms with van der Waals surface area (Å²) in [4.78, 5) is 36.4. The van der Waals surface area contributed by atoms with E-state index in [1.807, 2.05) is 0 Å². The van der Waals surface area contributed by atoms with Gasteiger partial charge < -0.3 is 14.0 Å². The van der Waals surface area contributed by atoms with Gasteiger partial charge in [-0.3, -0.25) is 20.2 Å². The molecule has 0 saturated carbocycles. The number of methoxy groups -OCH3 is 1. The smallest absolute Gasteiger partial charge is 0.337 e. The number of ether oxygens (including phenoxy) is 2. The van der Waals surface area contributed by atoms with Crippen LogP contribution in [-0.4, -0.2) is 33.1 Å². The number of nitro benzene ring substituents is 2. The Labute approximate surface area is 162 Å². The fourth-order valence-electron chi connectivity index (χ4n) is 2.33. The Balaban J connectivity index is 1.77. The number of esters is 1. The summed E-state index contributed by atoms with van der Waals surface area (Å²) < 4.78 is 15.0. The monoisotopic (exact) mass is 400 g/mol. The van der Waals surface area contributed by atoms with Crippen molar-refractivity contribution in [2.24, 2.45) is 0 Å². The molecule has 0 aliphatic rings. The predicted molar refractivity (Wildman–Crippen MR) is 95.2 cm³/mol. The number of carbonyl (C=O) groups excluding carboxylic acids is 1. The summed E-state index contributed by atoms with van der Waals surface area (Å²) in [5.74, 6) is -0.677. The van der Waals surface area contributed by atoms with Gasteiger partial charge in [0.25, 0.3) is 11.6 Å². The van der Waals surface area contributed by atoms with Gasteiger partial charge in [0.05, 0.1) is 22.5 Å². The highest BCUT2D eigenvalue weighted by Crippen LogP contribution is 2.29. The summed E-state index contributed by atoms with van der Waals surface area (Å²) in [6, 6.07) is 9.05. The van der Waals surface area contributed by atoms with Gasteiger partial charge in [-0.2, -0.15) is 4.98 Å². The van der Waals surface area contributed by atoms with Crippen molar-refractivity contribution in [3.05, 3.63) is 74.1 Å². The maximum absolute atomic E-state index is 11.6. The highest BCUT2D eigenvalue weighted by Gasteiger charge is 2.20. The molecule has 0 aliphatic carbocycles. The topological polar surface area (TPSA) is 161 Å². The van der Waals surface area contributed by atoms with Crippen LogP contribution in [0.15, 0.2) is 47.0 Å². The normalized spacial score (nSPS) is 10.4. The molecule has 0 unspecified atom stereocenters. The van der Waals surface area contributed by atoms with Crippen molar-refractivity contribution in [3.8, 4) is 17.1 Å². The number of benzene rings is 2. The molecule has 0 radical (unpaired) electrons. The second kappa shape index (κ2) is 8.12. The molecule has 12 heteroatoms. The zero-order chi connectivity index (χ0) is 21.0. The van der Waals surface area contributed by atoms with Crippen LogP contribution in [0.3, 0.4) is 0 Å². The minimum atomic E-state index is -0.678. The van der Waals surface area contributed by atoms with Crippen molar-refractivity contribution in [2.75, 3.05) is 7.11 Å². The Hall–Kier alpha value is -4.35. The van der Waals surface area contributed by atoms with Crippen molar-refractivity contribution >= 4 is 17.3 Å². The van der Waals surface area contributed by atoms with E-state index in [0.717, 1.165) is 6.07 Å². The third-order valence-electron chi connectivity index (χ3n) is 3.73. The number of hydrogen-bond donors (Lipinski definition) is 0. The van der Waals surface area contributed by atoms with Gasteiger partial charge in [-0.15, -0.1) is 0 Å². The number of non-ortho nitro benzene ring substituents is 1. The number of nitro groups is 2. The summed E-state index contributed by atoms with van der Waals surface area (Å²) >= 11 is 0. The molecule has 2 aromatic carbocycles. The fraction of sp³-hybridized carbons (Fsp3) is 0.118. The minimum Gasteiger partial charge on any atom is -0.477 e. The first-order valence-corrected chi connectivity index (χ1v) is 7.96. The average Bonchev–Trinajstić information content (AvgIpc) is 3.20. The molecule has 1 aromatic heterocycles. The lowest BCUT2D eigenvalue weighted by atomic mass is 10.2. The minimum absolute atomic E-state index is 0.0103. The van der Waals surface area contributed by atoms with Crippen LogP contribution in [0.25, 0.3) is 11.4 Å². The Morgan fingerprint density at radius 1 is 1.10 bits per heavy atom. The van der Waals surface area contributed by atoms with E-state index in [1.54, 1.807) is 0 Å². The second-order valence-electron chi connectivity index (χ2n) is 5.54. The predicted octanol–water partition coefficient (Wildman–Crippen LogP) is 2.92. The van der Waals surface area contributed by atoms with Gasteiger partial charge in [0, 0.05) is 29.8 Å². The molecule has 1 heterocycles. The van der Waals surface area contributed by atoms with Crippen molar-refractivity contribution < 1.29 is 28.6 Å². The van der Waals surface area contributed by atoms with Gasteiger partial charge in [0.2, 0.25) is 5.82 Å². The van der Waals surface area contributed by atoms with Gasteiger partial charge in [0.1, 0.15) is 0 Å². The molecule has 148 valence electrons. The number of aromatic nitrogens is 2. The molecule has 29 heavy (non-hydrogen) atoms. The van der Waals surface area contributed by atoms with Crippen LogP contribution >= 0.6 is 0 Å². The van der Waals surface area contributed by atoms with Crippen LogP contribution in [0, 0.1) is 20.2 Å².